The lowest BCUT2D eigenvalue weighted by atomic mass is 9.95. The highest BCUT2D eigenvalue weighted by Crippen LogP contribution is 2.20. The predicted octanol–water partition coefficient (Wildman–Crippen LogP) is 1.37. The summed E-state index contributed by atoms with van der Waals surface area (Å²) in [5, 5.41) is 8.64. The Kier molecular flexibility index (Phi) is 3.60. The Morgan fingerprint density at radius 2 is 1.95 bits per heavy atom. The SMILES string of the molecule is [B]c1ccc(COc2cc(CC)nn3nc(C)nc23)cc1. The van der Waals surface area contributed by atoms with Crippen LogP contribution >= 0.6 is 0 Å². The zero-order valence-electron chi connectivity index (χ0n) is 12.1. The summed E-state index contributed by atoms with van der Waals surface area (Å²) in [6.07, 6.45) is 0.813. The van der Waals surface area contributed by atoms with Crippen molar-refractivity contribution in [3.63, 3.8) is 0 Å². The normalized spacial score (nSPS) is 11.0. The Hall–Kier alpha value is -2.37. The summed E-state index contributed by atoms with van der Waals surface area (Å²) in [6, 6.07) is 9.53. The van der Waals surface area contributed by atoms with Gasteiger partial charge >= 0.3 is 0 Å². The molecule has 2 radical (unpaired) electrons. The molecule has 6 heteroatoms. The minimum absolute atomic E-state index is 0.453. The lowest BCUT2D eigenvalue weighted by Crippen LogP contribution is -2.05. The number of aryl methyl sites for hydroxylation is 2. The quantitative estimate of drug-likeness (QED) is 0.676. The van der Waals surface area contributed by atoms with Crippen LogP contribution in [0.3, 0.4) is 0 Å². The van der Waals surface area contributed by atoms with E-state index >= 15 is 0 Å². The van der Waals surface area contributed by atoms with Crippen LogP contribution in [0.2, 0.25) is 0 Å². The number of fused-ring (bicyclic) bond motifs is 1. The molecule has 21 heavy (non-hydrogen) atoms. The van der Waals surface area contributed by atoms with Crippen molar-refractivity contribution in [1.29, 1.82) is 0 Å². The first-order valence-electron chi connectivity index (χ1n) is 6.86. The molecular formula is C15H15BN4O. The highest BCUT2D eigenvalue weighted by molar-refractivity contribution is 6.32. The molecule has 0 bridgehead atoms. The van der Waals surface area contributed by atoms with Crippen molar-refractivity contribution in [2.24, 2.45) is 0 Å². The van der Waals surface area contributed by atoms with Crippen LogP contribution in [0.5, 0.6) is 5.75 Å². The van der Waals surface area contributed by atoms with Gasteiger partial charge in [-0.25, -0.2) is 4.98 Å². The monoisotopic (exact) mass is 278 g/mol. The average molecular weight is 278 g/mol. The zero-order chi connectivity index (χ0) is 14.8. The minimum Gasteiger partial charge on any atom is -0.485 e. The van der Waals surface area contributed by atoms with Gasteiger partial charge in [0.15, 0.2) is 11.6 Å². The number of hydrogen-bond acceptors (Lipinski definition) is 4. The third-order valence-electron chi connectivity index (χ3n) is 3.17. The second-order valence-corrected chi connectivity index (χ2v) is 4.86. The minimum atomic E-state index is 0.453. The van der Waals surface area contributed by atoms with Crippen molar-refractivity contribution < 1.29 is 4.74 Å². The first-order chi connectivity index (χ1) is 10.2. The van der Waals surface area contributed by atoms with E-state index in [0.717, 1.165) is 23.1 Å². The molecule has 0 aliphatic heterocycles. The molecule has 0 fully saturated rings. The fourth-order valence-corrected chi connectivity index (χ4v) is 2.05. The van der Waals surface area contributed by atoms with Gasteiger partial charge in [0.05, 0.1) is 5.69 Å². The molecule has 0 saturated carbocycles. The van der Waals surface area contributed by atoms with Crippen LogP contribution in [0.1, 0.15) is 24.0 Å². The maximum atomic E-state index is 5.90. The molecule has 0 spiro atoms. The Morgan fingerprint density at radius 3 is 2.67 bits per heavy atom. The Balaban J connectivity index is 1.90. The largest absolute Gasteiger partial charge is 0.485 e. The average Bonchev–Trinajstić information content (AvgIpc) is 2.86. The summed E-state index contributed by atoms with van der Waals surface area (Å²) in [4.78, 5) is 4.36. The van der Waals surface area contributed by atoms with Crippen molar-refractivity contribution in [1.82, 2.24) is 19.8 Å². The van der Waals surface area contributed by atoms with Crippen LogP contribution in [0.15, 0.2) is 30.3 Å². The molecule has 3 rings (SSSR count). The van der Waals surface area contributed by atoms with Crippen LogP contribution in [0.4, 0.5) is 0 Å². The van der Waals surface area contributed by atoms with E-state index in [0.29, 0.717) is 23.8 Å². The van der Waals surface area contributed by atoms with Gasteiger partial charge in [0.2, 0.25) is 5.65 Å². The zero-order valence-corrected chi connectivity index (χ0v) is 12.1. The van der Waals surface area contributed by atoms with Gasteiger partial charge in [-0.3, -0.25) is 0 Å². The van der Waals surface area contributed by atoms with E-state index in [2.05, 4.69) is 15.2 Å². The van der Waals surface area contributed by atoms with Crippen molar-refractivity contribution in [2.45, 2.75) is 26.9 Å². The van der Waals surface area contributed by atoms with E-state index < -0.39 is 0 Å². The van der Waals surface area contributed by atoms with Crippen molar-refractivity contribution in [3.05, 3.63) is 47.4 Å². The summed E-state index contributed by atoms with van der Waals surface area (Å²) >= 11 is 0. The summed E-state index contributed by atoms with van der Waals surface area (Å²) in [5.41, 5.74) is 3.35. The molecule has 0 atom stereocenters. The third kappa shape index (κ3) is 2.89. The van der Waals surface area contributed by atoms with E-state index in [1.807, 2.05) is 44.2 Å². The molecule has 0 aliphatic carbocycles. The lowest BCUT2D eigenvalue weighted by Gasteiger charge is -2.08. The smallest absolute Gasteiger partial charge is 0.218 e. The van der Waals surface area contributed by atoms with Crippen LogP contribution < -0.4 is 10.2 Å². The molecule has 104 valence electrons. The van der Waals surface area contributed by atoms with E-state index in [9.17, 15) is 0 Å². The number of aromatic nitrogens is 4. The number of rotatable bonds is 4. The topological polar surface area (TPSA) is 52.3 Å². The van der Waals surface area contributed by atoms with Crippen LogP contribution in [0, 0.1) is 6.92 Å². The van der Waals surface area contributed by atoms with Gasteiger partial charge in [-0.05, 0) is 18.9 Å². The van der Waals surface area contributed by atoms with Crippen LogP contribution in [-0.2, 0) is 13.0 Å². The second-order valence-electron chi connectivity index (χ2n) is 4.86. The number of hydrogen-bond donors (Lipinski definition) is 0. The van der Waals surface area contributed by atoms with Gasteiger partial charge in [0.25, 0.3) is 0 Å². The first-order valence-corrected chi connectivity index (χ1v) is 6.86. The predicted molar refractivity (Wildman–Crippen MR) is 81.1 cm³/mol. The van der Waals surface area contributed by atoms with Gasteiger partial charge in [0, 0.05) is 6.07 Å². The first kappa shape index (κ1) is 13.6. The summed E-state index contributed by atoms with van der Waals surface area (Å²) < 4.78 is 7.43. The Morgan fingerprint density at radius 1 is 1.19 bits per heavy atom. The summed E-state index contributed by atoms with van der Waals surface area (Å²) in [5.74, 6) is 1.37. The lowest BCUT2D eigenvalue weighted by molar-refractivity contribution is 0.306. The molecule has 0 saturated heterocycles. The number of nitrogens with zero attached hydrogens (tertiary/aromatic N) is 4. The van der Waals surface area contributed by atoms with Crippen LogP contribution in [-0.4, -0.2) is 27.7 Å². The molecule has 3 aromatic rings. The van der Waals surface area contributed by atoms with Crippen molar-refractivity contribution >= 4 is 19.0 Å². The van der Waals surface area contributed by atoms with E-state index in [-0.39, 0.29) is 0 Å². The molecule has 0 N–H and O–H groups in total. The molecule has 2 aromatic heterocycles. The highest BCUT2D eigenvalue weighted by Gasteiger charge is 2.10. The maximum absolute atomic E-state index is 5.90. The summed E-state index contributed by atoms with van der Waals surface area (Å²) in [7, 11) is 5.68. The summed E-state index contributed by atoms with van der Waals surface area (Å²) in [6.45, 7) is 4.33. The van der Waals surface area contributed by atoms with Gasteiger partial charge in [-0.15, -0.1) is 9.73 Å². The van der Waals surface area contributed by atoms with Crippen molar-refractivity contribution in [2.75, 3.05) is 0 Å². The Labute approximate surface area is 124 Å². The standard InChI is InChI=1S/C15H15BN4O/c1-3-13-8-14(15-17-10(2)18-20(15)19-13)21-9-11-4-6-12(16)7-5-11/h4-8H,3,9H2,1-2H3. The fourth-order valence-electron chi connectivity index (χ4n) is 2.05. The van der Waals surface area contributed by atoms with Crippen LogP contribution in [0.25, 0.3) is 5.65 Å². The van der Waals surface area contributed by atoms with E-state index in [4.69, 9.17) is 12.6 Å². The van der Waals surface area contributed by atoms with Gasteiger partial charge in [-0.1, -0.05) is 36.7 Å². The van der Waals surface area contributed by atoms with Gasteiger partial charge < -0.3 is 4.74 Å². The molecule has 0 aliphatic rings. The third-order valence-corrected chi connectivity index (χ3v) is 3.17. The van der Waals surface area contributed by atoms with Crippen molar-refractivity contribution in [3.8, 4) is 5.75 Å². The Bertz CT molecular complexity index is 767. The maximum Gasteiger partial charge on any atom is 0.218 e. The van der Waals surface area contributed by atoms with Gasteiger partial charge in [-0.2, -0.15) is 5.10 Å². The number of benzene rings is 1. The molecule has 2 heterocycles. The second kappa shape index (κ2) is 5.56. The fraction of sp³-hybridized carbons (Fsp3) is 0.267. The number of ether oxygens (including phenoxy) is 1. The molecule has 0 amide bonds. The van der Waals surface area contributed by atoms with E-state index in [1.54, 1.807) is 0 Å². The highest BCUT2D eigenvalue weighted by atomic mass is 16.5. The molecule has 0 unspecified atom stereocenters. The molecule has 1 aromatic carbocycles. The van der Waals surface area contributed by atoms with Gasteiger partial charge in [0.1, 0.15) is 14.5 Å². The van der Waals surface area contributed by atoms with E-state index in [1.165, 1.54) is 4.63 Å². The molecular weight excluding hydrogens is 263 g/mol. The molecule has 5 nitrogen and oxygen atoms in total.